The van der Waals surface area contributed by atoms with Crippen LogP contribution in [0.25, 0.3) is 11.5 Å². The van der Waals surface area contributed by atoms with E-state index in [-0.39, 0.29) is 0 Å². The van der Waals surface area contributed by atoms with E-state index in [1.165, 1.54) is 6.33 Å². The quantitative estimate of drug-likeness (QED) is 0.939. The van der Waals surface area contributed by atoms with E-state index < -0.39 is 0 Å². The Labute approximate surface area is 108 Å². The van der Waals surface area contributed by atoms with Crippen molar-refractivity contribution < 1.29 is 0 Å². The summed E-state index contributed by atoms with van der Waals surface area (Å²) < 4.78 is 0.775. The van der Waals surface area contributed by atoms with Gasteiger partial charge < -0.3 is 5.73 Å². The summed E-state index contributed by atoms with van der Waals surface area (Å²) in [6.07, 6.45) is 4.98. The minimum atomic E-state index is 0.442. The van der Waals surface area contributed by atoms with Crippen LogP contribution in [0.15, 0.2) is 23.1 Å². The molecule has 0 saturated heterocycles. The molecule has 2 heterocycles. The largest absolute Gasteiger partial charge is 0.383 e. The molecule has 0 aromatic carbocycles. The number of hydrogen-bond acceptors (Lipinski definition) is 5. The molecule has 2 rings (SSSR count). The predicted molar refractivity (Wildman–Crippen MR) is 69.2 cm³/mol. The van der Waals surface area contributed by atoms with Crippen LogP contribution in [0.1, 0.15) is 19.0 Å². The van der Waals surface area contributed by atoms with Gasteiger partial charge in [0.1, 0.15) is 17.8 Å². The molecule has 0 radical (unpaired) electrons. The summed E-state index contributed by atoms with van der Waals surface area (Å²) in [7, 11) is 0. The molecule has 2 aromatic heterocycles. The first-order chi connectivity index (χ1) is 8.22. The van der Waals surface area contributed by atoms with Crippen LogP contribution in [0.2, 0.25) is 0 Å². The second kappa shape index (κ2) is 5.18. The van der Waals surface area contributed by atoms with Gasteiger partial charge >= 0.3 is 0 Å². The van der Waals surface area contributed by atoms with Crippen molar-refractivity contribution in [2.24, 2.45) is 0 Å². The number of nitrogens with two attached hydrogens (primary N) is 1. The highest BCUT2D eigenvalue weighted by Gasteiger charge is 2.11. The van der Waals surface area contributed by atoms with Gasteiger partial charge in [-0.15, -0.1) is 0 Å². The van der Waals surface area contributed by atoms with Gasteiger partial charge in [-0.05, 0) is 28.4 Å². The normalized spacial score (nSPS) is 10.5. The van der Waals surface area contributed by atoms with Gasteiger partial charge in [0.15, 0.2) is 5.82 Å². The van der Waals surface area contributed by atoms with Crippen LogP contribution in [-0.2, 0) is 6.42 Å². The molecule has 5 nitrogen and oxygen atoms in total. The lowest BCUT2D eigenvalue weighted by molar-refractivity contribution is 0.868. The van der Waals surface area contributed by atoms with Gasteiger partial charge in [-0.25, -0.2) is 19.9 Å². The maximum atomic E-state index is 5.85. The van der Waals surface area contributed by atoms with Gasteiger partial charge in [0.05, 0.1) is 10.2 Å². The fraction of sp³-hybridized carbons (Fsp3) is 0.273. The molecular weight excluding hydrogens is 282 g/mol. The van der Waals surface area contributed by atoms with Gasteiger partial charge in [0, 0.05) is 6.20 Å². The minimum absolute atomic E-state index is 0.442. The van der Waals surface area contributed by atoms with E-state index in [4.69, 9.17) is 5.73 Å². The molecular formula is C11H12BrN5. The molecule has 0 atom stereocenters. The summed E-state index contributed by atoms with van der Waals surface area (Å²) in [6.45, 7) is 2.09. The van der Waals surface area contributed by atoms with Crippen molar-refractivity contribution >= 4 is 21.7 Å². The molecule has 0 aliphatic carbocycles. The van der Waals surface area contributed by atoms with Crippen molar-refractivity contribution in [3.05, 3.63) is 28.8 Å². The molecule has 2 aromatic rings. The average Bonchev–Trinajstić information content (AvgIpc) is 2.36. The van der Waals surface area contributed by atoms with E-state index >= 15 is 0 Å². The summed E-state index contributed by atoms with van der Waals surface area (Å²) >= 11 is 3.41. The Morgan fingerprint density at radius 2 is 2.18 bits per heavy atom. The van der Waals surface area contributed by atoms with Crippen molar-refractivity contribution in [3.8, 4) is 11.5 Å². The SMILES string of the molecule is CCCc1nc(-c2ccncn2)nc(N)c1Br. The lowest BCUT2D eigenvalue weighted by Gasteiger charge is -2.07. The van der Waals surface area contributed by atoms with Gasteiger partial charge in [0.2, 0.25) is 0 Å². The van der Waals surface area contributed by atoms with Crippen LogP contribution in [-0.4, -0.2) is 19.9 Å². The molecule has 0 spiro atoms. The first-order valence-corrected chi connectivity index (χ1v) is 6.10. The number of nitrogen functional groups attached to an aromatic ring is 1. The van der Waals surface area contributed by atoms with Crippen LogP contribution >= 0.6 is 15.9 Å². The Hall–Kier alpha value is -1.56. The molecule has 0 amide bonds. The maximum Gasteiger partial charge on any atom is 0.180 e. The zero-order valence-corrected chi connectivity index (χ0v) is 11.0. The first kappa shape index (κ1) is 11.9. The van der Waals surface area contributed by atoms with Crippen molar-refractivity contribution in [1.82, 2.24) is 19.9 Å². The lowest BCUT2D eigenvalue weighted by Crippen LogP contribution is -2.03. The molecule has 0 aliphatic heterocycles. The third-order valence-electron chi connectivity index (χ3n) is 2.24. The predicted octanol–water partition coefficient (Wildman–Crippen LogP) is 2.23. The van der Waals surface area contributed by atoms with Gasteiger partial charge in [0.25, 0.3) is 0 Å². The Balaban J connectivity index is 2.49. The summed E-state index contributed by atoms with van der Waals surface area (Å²) in [5.41, 5.74) is 7.44. The molecule has 88 valence electrons. The van der Waals surface area contributed by atoms with E-state index in [1.54, 1.807) is 12.3 Å². The Bertz CT molecular complexity index is 515. The highest BCUT2D eigenvalue weighted by Crippen LogP contribution is 2.24. The molecule has 0 aliphatic rings. The zero-order valence-electron chi connectivity index (χ0n) is 9.39. The molecule has 17 heavy (non-hydrogen) atoms. The van der Waals surface area contributed by atoms with Crippen LogP contribution in [0.3, 0.4) is 0 Å². The van der Waals surface area contributed by atoms with Crippen LogP contribution in [0, 0.1) is 0 Å². The highest BCUT2D eigenvalue weighted by molar-refractivity contribution is 9.10. The monoisotopic (exact) mass is 293 g/mol. The number of aryl methyl sites for hydroxylation is 1. The minimum Gasteiger partial charge on any atom is -0.383 e. The van der Waals surface area contributed by atoms with Crippen molar-refractivity contribution in [1.29, 1.82) is 0 Å². The van der Waals surface area contributed by atoms with Crippen LogP contribution in [0.5, 0.6) is 0 Å². The summed E-state index contributed by atoms with van der Waals surface area (Å²) in [4.78, 5) is 16.7. The molecule has 2 N–H and O–H groups in total. The first-order valence-electron chi connectivity index (χ1n) is 5.30. The topological polar surface area (TPSA) is 77.6 Å². The van der Waals surface area contributed by atoms with E-state index in [9.17, 15) is 0 Å². The molecule has 0 saturated carbocycles. The van der Waals surface area contributed by atoms with Crippen molar-refractivity contribution in [3.63, 3.8) is 0 Å². The van der Waals surface area contributed by atoms with Crippen molar-refractivity contribution in [2.75, 3.05) is 5.73 Å². The third kappa shape index (κ3) is 2.58. The summed E-state index contributed by atoms with van der Waals surface area (Å²) in [6, 6.07) is 1.76. The van der Waals surface area contributed by atoms with Crippen LogP contribution < -0.4 is 5.73 Å². The third-order valence-corrected chi connectivity index (χ3v) is 3.11. The zero-order chi connectivity index (χ0) is 12.3. The van der Waals surface area contributed by atoms with Gasteiger partial charge in [-0.1, -0.05) is 13.3 Å². The number of aromatic nitrogens is 4. The molecule has 0 bridgehead atoms. The summed E-state index contributed by atoms with van der Waals surface area (Å²) in [5, 5.41) is 0. The smallest absolute Gasteiger partial charge is 0.180 e. The van der Waals surface area contributed by atoms with Crippen molar-refractivity contribution in [2.45, 2.75) is 19.8 Å². The standard InChI is InChI=1S/C11H12BrN5/c1-2-3-7-9(12)10(13)17-11(16-7)8-4-5-14-6-15-8/h4-6H,2-3H2,1H3,(H2,13,16,17). The number of halogens is 1. The fourth-order valence-electron chi connectivity index (χ4n) is 1.45. The highest BCUT2D eigenvalue weighted by atomic mass is 79.9. The van der Waals surface area contributed by atoms with E-state index in [2.05, 4.69) is 42.8 Å². The number of anilines is 1. The summed E-state index contributed by atoms with van der Waals surface area (Å²) in [5.74, 6) is 0.980. The molecule has 0 unspecified atom stereocenters. The lowest BCUT2D eigenvalue weighted by atomic mass is 10.2. The fourth-order valence-corrected chi connectivity index (χ4v) is 1.83. The Morgan fingerprint density at radius 1 is 1.35 bits per heavy atom. The second-order valence-corrected chi connectivity index (χ2v) is 4.33. The number of rotatable bonds is 3. The van der Waals surface area contributed by atoms with Gasteiger partial charge in [-0.2, -0.15) is 0 Å². The van der Waals surface area contributed by atoms with E-state index in [0.717, 1.165) is 23.0 Å². The maximum absolute atomic E-state index is 5.85. The average molecular weight is 294 g/mol. The van der Waals surface area contributed by atoms with E-state index in [1.807, 2.05) is 0 Å². The van der Waals surface area contributed by atoms with Gasteiger partial charge in [-0.3, -0.25) is 0 Å². The Kier molecular flexibility index (Phi) is 3.63. The number of hydrogen-bond donors (Lipinski definition) is 1. The van der Waals surface area contributed by atoms with Crippen LogP contribution in [0.4, 0.5) is 5.82 Å². The Morgan fingerprint density at radius 3 is 2.82 bits per heavy atom. The second-order valence-electron chi connectivity index (χ2n) is 3.54. The molecule has 0 fully saturated rings. The number of nitrogens with zero attached hydrogens (tertiary/aromatic N) is 4. The molecule has 6 heteroatoms. The van der Waals surface area contributed by atoms with E-state index in [0.29, 0.717) is 17.3 Å².